The minimum Gasteiger partial charge on any atom is -0.387 e. The van der Waals surface area contributed by atoms with Gasteiger partial charge in [0.2, 0.25) is 5.91 Å². The number of amides is 1. The monoisotopic (exact) mass is 322 g/mol. The highest BCUT2D eigenvalue weighted by atomic mass is 35.5. The van der Waals surface area contributed by atoms with Crippen molar-refractivity contribution in [1.29, 1.82) is 0 Å². The molecule has 114 valence electrons. The summed E-state index contributed by atoms with van der Waals surface area (Å²) in [5, 5.41) is 12.4. The summed E-state index contributed by atoms with van der Waals surface area (Å²) >= 11 is 1.62. The highest BCUT2D eigenvalue weighted by Gasteiger charge is 2.15. The fraction of sp³-hybridized carbons (Fsp3) is 0.462. The maximum Gasteiger partial charge on any atom is 0.237 e. The van der Waals surface area contributed by atoms with Gasteiger partial charge in [0.25, 0.3) is 0 Å². The van der Waals surface area contributed by atoms with Gasteiger partial charge < -0.3 is 16.2 Å². The number of carbonyl (C=O) groups is 1. The van der Waals surface area contributed by atoms with Crippen molar-refractivity contribution in [1.82, 2.24) is 5.32 Å². The van der Waals surface area contributed by atoms with Gasteiger partial charge in [-0.3, -0.25) is 4.79 Å². The maximum atomic E-state index is 13.0. The Morgan fingerprint density at radius 3 is 2.85 bits per heavy atom. The summed E-state index contributed by atoms with van der Waals surface area (Å²) in [5.74, 6) is 0.0881. The molecular formula is C13H20ClFN2O2S. The molecule has 4 nitrogen and oxygen atoms in total. The molecule has 0 saturated carbocycles. The van der Waals surface area contributed by atoms with Crippen molar-refractivity contribution in [3.8, 4) is 0 Å². The van der Waals surface area contributed by atoms with Gasteiger partial charge in [-0.15, -0.1) is 12.4 Å². The molecular weight excluding hydrogens is 303 g/mol. The van der Waals surface area contributed by atoms with Crippen LogP contribution in [-0.2, 0) is 4.79 Å². The van der Waals surface area contributed by atoms with Crippen molar-refractivity contribution in [2.24, 2.45) is 5.73 Å². The number of hydrogen-bond acceptors (Lipinski definition) is 4. The maximum absolute atomic E-state index is 13.0. The zero-order valence-electron chi connectivity index (χ0n) is 11.2. The molecule has 0 aliphatic heterocycles. The van der Waals surface area contributed by atoms with Crippen LogP contribution in [0.15, 0.2) is 24.3 Å². The molecule has 2 atom stereocenters. The van der Waals surface area contributed by atoms with E-state index in [2.05, 4.69) is 5.32 Å². The van der Waals surface area contributed by atoms with Crippen LogP contribution in [0.3, 0.4) is 0 Å². The van der Waals surface area contributed by atoms with Gasteiger partial charge in [-0.25, -0.2) is 4.39 Å². The summed E-state index contributed by atoms with van der Waals surface area (Å²) in [6.07, 6.45) is 1.59. The SMILES string of the molecule is CSCC[C@H](N)C(=O)NCC(O)c1cccc(F)c1.Cl. The second-order valence-electron chi connectivity index (χ2n) is 4.20. The second-order valence-corrected chi connectivity index (χ2v) is 5.19. The molecule has 0 aliphatic rings. The third-order valence-corrected chi connectivity index (χ3v) is 3.32. The van der Waals surface area contributed by atoms with Gasteiger partial charge in [-0.2, -0.15) is 11.8 Å². The van der Waals surface area contributed by atoms with Gasteiger partial charge in [0.1, 0.15) is 5.82 Å². The number of benzene rings is 1. The van der Waals surface area contributed by atoms with Crippen molar-refractivity contribution < 1.29 is 14.3 Å². The topological polar surface area (TPSA) is 75.4 Å². The highest BCUT2D eigenvalue weighted by molar-refractivity contribution is 7.98. The summed E-state index contributed by atoms with van der Waals surface area (Å²) in [4.78, 5) is 11.6. The summed E-state index contributed by atoms with van der Waals surface area (Å²) in [7, 11) is 0. The van der Waals surface area contributed by atoms with Gasteiger partial charge >= 0.3 is 0 Å². The van der Waals surface area contributed by atoms with E-state index in [4.69, 9.17) is 5.73 Å². The number of carbonyl (C=O) groups excluding carboxylic acids is 1. The molecule has 1 rings (SSSR count). The standard InChI is InChI=1S/C13H19FN2O2S.ClH/c1-19-6-5-11(15)13(18)16-8-12(17)9-3-2-4-10(14)7-9;/h2-4,7,11-12,17H,5-6,8,15H2,1H3,(H,16,18);1H/t11-,12?;/m0./s1. The first-order valence-corrected chi connectivity index (χ1v) is 7.39. The third kappa shape index (κ3) is 6.56. The van der Waals surface area contributed by atoms with Crippen molar-refractivity contribution >= 4 is 30.1 Å². The molecule has 0 fully saturated rings. The van der Waals surface area contributed by atoms with E-state index >= 15 is 0 Å². The molecule has 0 spiro atoms. The third-order valence-electron chi connectivity index (χ3n) is 2.67. The fourth-order valence-electron chi connectivity index (χ4n) is 1.54. The van der Waals surface area contributed by atoms with Gasteiger partial charge in [0.15, 0.2) is 0 Å². The number of nitrogens with one attached hydrogen (secondary N) is 1. The Morgan fingerprint density at radius 2 is 2.25 bits per heavy atom. The molecule has 7 heteroatoms. The fourth-order valence-corrected chi connectivity index (χ4v) is 2.03. The van der Waals surface area contributed by atoms with Crippen LogP contribution in [-0.4, -0.2) is 35.6 Å². The average Bonchev–Trinajstić information content (AvgIpc) is 2.41. The van der Waals surface area contributed by atoms with Crippen LogP contribution in [0.2, 0.25) is 0 Å². The van der Waals surface area contributed by atoms with Crippen LogP contribution >= 0.6 is 24.2 Å². The number of nitrogens with two attached hydrogens (primary N) is 1. The molecule has 0 saturated heterocycles. The highest BCUT2D eigenvalue weighted by Crippen LogP contribution is 2.13. The molecule has 1 unspecified atom stereocenters. The van der Waals surface area contributed by atoms with E-state index in [9.17, 15) is 14.3 Å². The number of aliphatic hydroxyl groups excluding tert-OH is 1. The molecule has 0 bridgehead atoms. The van der Waals surface area contributed by atoms with E-state index in [1.807, 2.05) is 6.26 Å². The molecule has 4 N–H and O–H groups in total. The van der Waals surface area contributed by atoms with E-state index in [1.54, 1.807) is 17.8 Å². The minimum atomic E-state index is -0.938. The average molecular weight is 323 g/mol. The molecule has 0 aromatic heterocycles. The predicted molar refractivity (Wildman–Crippen MR) is 82.6 cm³/mol. The van der Waals surface area contributed by atoms with Gasteiger partial charge in [0, 0.05) is 6.54 Å². The predicted octanol–water partition coefficient (Wildman–Crippen LogP) is 1.48. The first kappa shape index (κ1) is 19.2. The molecule has 0 heterocycles. The number of aliphatic hydroxyl groups is 1. The Bertz CT molecular complexity index is 423. The Balaban J connectivity index is 0.00000361. The van der Waals surface area contributed by atoms with Gasteiger partial charge in [0.05, 0.1) is 12.1 Å². The Labute approximate surface area is 128 Å². The summed E-state index contributed by atoms with van der Waals surface area (Å²) in [5.41, 5.74) is 6.11. The van der Waals surface area contributed by atoms with E-state index in [0.29, 0.717) is 12.0 Å². The van der Waals surface area contributed by atoms with E-state index in [0.717, 1.165) is 5.75 Å². The van der Waals surface area contributed by atoms with E-state index in [1.165, 1.54) is 18.2 Å². The van der Waals surface area contributed by atoms with Crippen LogP contribution in [0.1, 0.15) is 18.1 Å². The Kier molecular flexibility index (Phi) is 9.58. The summed E-state index contributed by atoms with van der Waals surface area (Å²) in [6, 6.07) is 5.08. The second kappa shape index (κ2) is 9.99. The van der Waals surface area contributed by atoms with E-state index in [-0.39, 0.29) is 24.9 Å². The van der Waals surface area contributed by atoms with Crippen LogP contribution in [0.4, 0.5) is 4.39 Å². The molecule has 1 aromatic rings. The van der Waals surface area contributed by atoms with Crippen molar-refractivity contribution in [3.05, 3.63) is 35.6 Å². The molecule has 20 heavy (non-hydrogen) atoms. The molecule has 0 aliphatic carbocycles. The molecule has 0 radical (unpaired) electrons. The Morgan fingerprint density at radius 1 is 1.55 bits per heavy atom. The van der Waals surface area contributed by atoms with Gasteiger partial charge in [-0.05, 0) is 36.1 Å². The zero-order chi connectivity index (χ0) is 14.3. The van der Waals surface area contributed by atoms with Crippen molar-refractivity contribution in [2.45, 2.75) is 18.6 Å². The number of rotatable bonds is 7. The lowest BCUT2D eigenvalue weighted by Gasteiger charge is -2.15. The van der Waals surface area contributed by atoms with Crippen LogP contribution < -0.4 is 11.1 Å². The van der Waals surface area contributed by atoms with E-state index < -0.39 is 18.0 Å². The summed E-state index contributed by atoms with van der Waals surface area (Å²) < 4.78 is 13.0. The molecule has 1 amide bonds. The lowest BCUT2D eigenvalue weighted by atomic mass is 10.1. The van der Waals surface area contributed by atoms with Crippen molar-refractivity contribution in [3.63, 3.8) is 0 Å². The summed E-state index contributed by atoms with van der Waals surface area (Å²) in [6.45, 7) is 0.0231. The largest absolute Gasteiger partial charge is 0.387 e. The van der Waals surface area contributed by atoms with Crippen LogP contribution in [0, 0.1) is 5.82 Å². The van der Waals surface area contributed by atoms with Crippen LogP contribution in [0.5, 0.6) is 0 Å². The first-order chi connectivity index (χ1) is 9.04. The zero-order valence-corrected chi connectivity index (χ0v) is 12.8. The quantitative estimate of drug-likeness (QED) is 0.711. The van der Waals surface area contributed by atoms with Gasteiger partial charge in [-0.1, -0.05) is 12.1 Å². The van der Waals surface area contributed by atoms with Crippen LogP contribution in [0.25, 0.3) is 0 Å². The smallest absolute Gasteiger partial charge is 0.237 e. The lowest BCUT2D eigenvalue weighted by Crippen LogP contribution is -2.42. The Hall–Kier alpha value is -0.820. The normalized spacial score (nSPS) is 13.2. The first-order valence-electron chi connectivity index (χ1n) is 6.00. The minimum absolute atomic E-state index is 0. The number of hydrogen-bond donors (Lipinski definition) is 3. The molecule has 1 aromatic carbocycles. The number of thioether (sulfide) groups is 1. The van der Waals surface area contributed by atoms with Crippen molar-refractivity contribution in [2.75, 3.05) is 18.6 Å². The number of halogens is 2. The lowest BCUT2D eigenvalue weighted by molar-refractivity contribution is -0.122.